The predicted molar refractivity (Wildman–Crippen MR) is 48.8 cm³/mol. The third kappa shape index (κ3) is 1.48. The van der Waals surface area contributed by atoms with Crippen LogP contribution in [0.25, 0.3) is 0 Å². The van der Waals surface area contributed by atoms with E-state index in [1.165, 1.54) is 32.1 Å². The van der Waals surface area contributed by atoms with Crippen LogP contribution < -0.4 is 0 Å². The minimum Gasteiger partial charge on any atom is -0.392 e. The van der Waals surface area contributed by atoms with Gasteiger partial charge in [-0.3, -0.25) is 0 Å². The van der Waals surface area contributed by atoms with Crippen molar-refractivity contribution in [3.8, 4) is 0 Å². The molecular weight excluding hydrogens is 204 g/mol. The van der Waals surface area contributed by atoms with Crippen molar-refractivity contribution >= 4 is 15.9 Å². The smallest absolute Gasteiger partial charge is 0.0693 e. The van der Waals surface area contributed by atoms with E-state index in [4.69, 9.17) is 0 Å². The van der Waals surface area contributed by atoms with E-state index in [2.05, 4.69) is 15.9 Å². The lowest BCUT2D eigenvalue weighted by molar-refractivity contribution is 0.0301. The third-order valence-corrected chi connectivity index (χ3v) is 4.15. The van der Waals surface area contributed by atoms with Crippen molar-refractivity contribution in [2.24, 2.45) is 11.8 Å². The van der Waals surface area contributed by atoms with Gasteiger partial charge in [-0.1, -0.05) is 28.8 Å². The second kappa shape index (κ2) is 3.06. The Labute approximate surface area is 76.3 Å². The number of rotatable bonds is 0. The van der Waals surface area contributed by atoms with Crippen molar-refractivity contribution in [2.75, 3.05) is 0 Å². The molecule has 2 aliphatic rings. The van der Waals surface area contributed by atoms with Crippen LogP contribution in [-0.4, -0.2) is 16.0 Å². The van der Waals surface area contributed by atoms with Crippen LogP contribution in [-0.2, 0) is 0 Å². The Morgan fingerprint density at radius 3 is 2.82 bits per heavy atom. The predicted octanol–water partition coefficient (Wildman–Crippen LogP) is 2.32. The van der Waals surface area contributed by atoms with Crippen molar-refractivity contribution in [2.45, 2.75) is 43.0 Å². The highest BCUT2D eigenvalue weighted by Crippen LogP contribution is 2.42. The van der Waals surface area contributed by atoms with Gasteiger partial charge in [0, 0.05) is 4.83 Å². The summed E-state index contributed by atoms with van der Waals surface area (Å²) < 4.78 is 0. The molecule has 0 aromatic carbocycles. The molecule has 0 spiro atoms. The molecule has 64 valence electrons. The molecule has 2 bridgehead atoms. The first-order valence-corrected chi connectivity index (χ1v) is 5.51. The topological polar surface area (TPSA) is 20.2 Å². The van der Waals surface area contributed by atoms with Gasteiger partial charge in [0.05, 0.1) is 6.10 Å². The molecule has 2 fully saturated rings. The second-order valence-electron chi connectivity index (χ2n) is 4.03. The molecule has 2 rings (SSSR count). The van der Waals surface area contributed by atoms with Crippen LogP contribution in [0.5, 0.6) is 0 Å². The summed E-state index contributed by atoms with van der Waals surface area (Å²) >= 11 is 3.56. The average Bonchev–Trinajstić information content (AvgIpc) is 2.01. The van der Waals surface area contributed by atoms with Crippen molar-refractivity contribution in [1.29, 1.82) is 0 Å². The van der Waals surface area contributed by atoms with Gasteiger partial charge < -0.3 is 5.11 Å². The number of halogens is 1. The molecule has 0 heterocycles. The van der Waals surface area contributed by atoms with Gasteiger partial charge in [0.15, 0.2) is 0 Å². The molecule has 0 amide bonds. The largest absolute Gasteiger partial charge is 0.392 e. The van der Waals surface area contributed by atoms with Gasteiger partial charge in [-0.2, -0.15) is 0 Å². The zero-order chi connectivity index (χ0) is 7.84. The van der Waals surface area contributed by atoms with Gasteiger partial charge in [-0.05, 0) is 31.1 Å². The molecule has 4 atom stereocenters. The molecule has 0 radical (unpaired) electrons. The van der Waals surface area contributed by atoms with Crippen LogP contribution in [0.15, 0.2) is 0 Å². The Morgan fingerprint density at radius 2 is 2.00 bits per heavy atom. The van der Waals surface area contributed by atoms with Crippen molar-refractivity contribution in [1.82, 2.24) is 0 Å². The standard InChI is InChI=1S/C9H15BrO/c10-8-5-6-2-1-3-7(4-6)9(8)11/h6-9,11H,1-5H2/t6-,7+,8-,9-/m0/s1. The molecule has 11 heavy (non-hydrogen) atoms. The van der Waals surface area contributed by atoms with Gasteiger partial charge in [0.25, 0.3) is 0 Å². The Kier molecular flexibility index (Phi) is 2.24. The molecular formula is C9H15BrO. The van der Waals surface area contributed by atoms with Crippen LogP contribution in [0, 0.1) is 11.8 Å². The molecule has 0 aromatic rings. The molecule has 1 nitrogen and oxygen atoms in total. The second-order valence-corrected chi connectivity index (χ2v) is 5.21. The first-order valence-electron chi connectivity index (χ1n) is 4.59. The van der Waals surface area contributed by atoms with Crippen molar-refractivity contribution < 1.29 is 5.11 Å². The Balaban J connectivity index is 2.05. The van der Waals surface area contributed by atoms with Crippen LogP contribution in [0.4, 0.5) is 0 Å². The summed E-state index contributed by atoms with van der Waals surface area (Å²) in [5, 5.41) is 9.74. The molecule has 0 aliphatic heterocycles. The van der Waals surface area contributed by atoms with E-state index in [1.807, 2.05) is 0 Å². The van der Waals surface area contributed by atoms with E-state index in [0.717, 1.165) is 5.92 Å². The fourth-order valence-electron chi connectivity index (χ4n) is 2.61. The Morgan fingerprint density at radius 1 is 1.18 bits per heavy atom. The first kappa shape index (κ1) is 8.06. The summed E-state index contributed by atoms with van der Waals surface area (Å²) in [6, 6.07) is 0. The summed E-state index contributed by atoms with van der Waals surface area (Å²) in [6.45, 7) is 0. The lowest BCUT2D eigenvalue weighted by Gasteiger charge is -2.40. The SMILES string of the molecule is O[C@H]1[C@@H]2CCC[C@@H](C2)C[C@@H]1Br. The van der Waals surface area contributed by atoms with E-state index < -0.39 is 0 Å². The molecule has 0 unspecified atom stereocenters. The van der Waals surface area contributed by atoms with E-state index in [9.17, 15) is 5.11 Å². The van der Waals surface area contributed by atoms with Gasteiger partial charge in [0.2, 0.25) is 0 Å². The van der Waals surface area contributed by atoms with Gasteiger partial charge in [-0.25, -0.2) is 0 Å². The molecule has 1 N–H and O–H groups in total. The van der Waals surface area contributed by atoms with Crippen molar-refractivity contribution in [3.05, 3.63) is 0 Å². The highest BCUT2D eigenvalue weighted by Gasteiger charge is 2.37. The third-order valence-electron chi connectivity index (χ3n) is 3.24. The van der Waals surface area contributed by atoms with E-state index in [1.54, 1.807) is 0 Å². The maximum absolute atomic E-state index is 9.74. The molecule has 2 aliphatic carbocycles. The highest BCUT2D eigenvalue weighted by atomic mass is 79.9. The Bertz CT molecular complexity index is 146. The summed E-state index contributed by atoms with van der Waals surface area (Å²) in [6.07, 6.45) is 6.39. The summed E-state index contributed by atoms with van der Waals surface area (Å²) in [5.74, 6) is 1.51. The summed E-state index contributed by atoms with van der Waals surface area (Å²) in [4.78, 5) is 0.381. The van der Waals surface area contributed by atoms with Gasteiger partial charge >= 0.3 is 0 Å². The van der Waals surface area contributed by atoms with Crippen LogP contribution in [0.3, 0.4) is 0 Å². The first-order chi connectivity index (χ1) is 5.27. The van der Waals surface area contributed by atoms with E-state index in [-0.39, 0.29) is 6.10 Å². The number of hydrogen-bond donors (Lipinski definition) is 1. The molecule has 2 heteroatoms. The van der Waals surface area contributed by atoms with Gasteiger partial charge in [0.1, 0.15) is 0 Å². The summed E-state index contributed by atoms with van der Waals surface area (Å²) in [5.41, 5.74) is 0. The maximum atomic E-state index is 9.74. The fraction of sp³-hybridized carbons (Fsp3) is 1.00. The van der Waals surface area contributed by atoms with E-state index in [0.29, 0.717) is 10.7 Å². The number of aliphatic hydroxyl groups is 1. The van der Waals surface area contributed by atoms with Crippen LogP contribution in [0.2, 0.25) is 0 Å². The zero-order valence-corrected chi connectivity index (χ0v) is 8.26. The molecule has 2 saturated carbocycles. The highest BCUT2D eigenvalue weighted by molar-refractivity contribution is 9.09. The maximum Gasteiger partial charge on any atom is 0.0693 e. The molecule has 0 aromatic heterocycles. The minimum atomic E-state index is -0.0634. The fourth-order valence-corrected chi connectivity index (χ4v) is 3.57. The number of alkyl halides is 1. The van der Waals surface area contributed by atoms with E-state index >= 15 is 0 Å². The normalized spacial score (nSPS) is 50.7. The van der Waals surface area contributed by atoms with Gasteiger partial charge in [-0.15, -0.1) is 0 Å². The monoisotopic (exact) mass is 218 g/mol. The lowest BCUT2D eigenvalue weighted by atomic mass is 9.71. The Hall–Kier alpha value is 0.440. The number of aliphatic hydroxyl groups excluding tert-OH is 1. The zero-order valence-electron chi connectivity index (χ0n) is 6.67. The van der Waals surface area contributed by atoms with Crippen LogP contribution >= 0.6 is 15.9 Å². The quantitative estimate of drug-likeness (QED) is 0.620. The number of fused-ring (bicyclic) bond motifs is 2. The summed E-state index contributed by atoms with van der Waals surface area (Å²) in [7, 11) is 0. The minimum absolute atomic E-state index is 0.0634. The number of hydrogen-bond acceptors (Lipinski definition) is 1. The lowest BCUT2D eigenvalue weighted by Crippen LogP contribution is -2.40. The molecule has 0 saturated heterocycles. The van der Waals surface area contributed by atoms with Crippen molar-refractivity contribution in [3.63, 3.8) is 0 Å². The van der Waals surface area contributed by atoms with Crippen LogP contribution in [0.1, 0.15) is 32.1 Å². The average molecular weight is 219 g/mol.